The summed E-state index contributed by atoms with van der Waals surface area (Å²) >= 11 is 0. The number of hydrogen-bond acceptors (Lipinski definition) is 6. The predicted octanol–water partition coefficient (Wildman–Crippen LogP) is 7.30. The Balaban J connectivity index is 0.000000260. The number of aliphatic hydroxyl groups is 2. The van der Waals surface area contributed by atoms with Crippen LogP contribution in [0.25, 0.3) is 6.08 Å². The van der Waals surface area contributed by atoms with E-state index in [0.29, 0.717) is 19.3 Å². The van der Waals surface area contributed by atoms with Gasteiger partial charge in [0, 0.05) is 43.4 Å². The maximum absolute atomic E-state index is 12.2. The van der Waals surface area contributed by atoms with E-state index < -0.39 is 24.1 Å². The lowest BCUT2D eigenvalue weighted by molar-refractivity contribution is -0.138. The van der Waals surface area contributed by atoms with Crippen molar-refractivity contribution >= 4 is 29.6 Å². The van der Waals surface area contributed by atoms with Gasteiger partial charge in [0.1, 0.15) is 11.6 Å². The molecule has 2 aliphatic rings. The smallest absolute Gasteiger partial charge is 0.303 e. The number of ketones is 2. The molecule has 4 N–H and O–H groups in total. The fourth-order valence-electron chi connectivity index (χ4n) is 7.13. The van der Waals surface area contributed by atoms with E-state index in [0.717, 1.165) is 69.8 Å². The molecule has 0 saturated heterocycles. The molecule has 2 fully saturated rings. The van der Waals surface area contributed by atoms with Crippen LogP contribution in [0.4, 0.5) is 0 Å². The Kier molecular flexibility index (Phi) is 17.3. The van der Waals surface area contributed by atoms with Crippen molar-refractivity contribution in [3.05, 3.63) is 77.9 Å². The van der Waals surface area contributed by atoms with Gasteiger partial charge in [0.25, 0.3) is 0 Å². The van der Waals surface area contributed by atoms with Crippen LogP contribution in [0.2, 0.25) is 0 Å². The van der Waals surface area contributed by atoms with Gasteiger partial charge in [0.05, 0.1) is 12.2 Å². The molecule has 0 heterocycles. The number of carbonyl (C=O) groups is 4. The van der Waals surface area contributed by atoms with Gasteiger partial charge in [-0.1, -0.05) is 111 Å². The summed E-state index contributed by atoms with van der Waals surface area (Å²) < 4.78 is 0. The number of aryl methyl sites for hydroxylation is 1. The monoisotopic (exact) mass is 662 g/mol. The lowest BCUT2D eigenvalue weighted by Gasteiger charge is -2.21. The van der Waals surface area contributed by atoms with E-state index >= 15 is 0 Å². The van der Waals surface area contributed by atoms with Gasteiger partial charge in [-0.2, -0.15) is 0 Å². The highest BCUT2D eigenvalue weighted by molar-refractivity contribution is 5.85. The minimum atomic E-state index is -0.754. The molecular weight excluding hydrogens is 608 g/mol. The number of unbranched alkanes of at least 4 members (excludes halogenated alkanes) is 6. The van der Waals surface area contributed by atoms with Crippen LogP contribution in [0.5, 0.6) is 0 Å². The third kappa shape index (κ3) is 13.9. The Morgan fingerprint density at radius 2 is 1.12 bits per heavy atom. The first kappa shape index (κ1) is 38.8. The molecule has 2 aliphatic carbocycles. The van der Waals surface area contributed by atoms with Gasteiger partial charge in [-0.15, -0.1) is 0 Å². The Hall–Kier alpha value is -3.62. The fourth-order valence-corrected chi connectivity index (χ4v) is 7.13. The zero-order valence-corrected chi connectivity index (χ0v) is 28.1. The molecule has 0 bridgehead atoms. The second kappa shape index (κ2) is 21.4. The maximum Gasteiger partial charge on any atom is 0.303 e. The number of benzene rings is 2. The Morgan fingerprint density at radius 1 is 0.625 bits per heavy atom. The summed E-state index contributed by atoms with van der Waals surface area (Å²) in [6, 6.07) is 20.1. The van der Waals surface area contributed by atoms with Crippen molar-refractivity contribution in [3.63, 3.8) is 0 Å². The largest absolute Gasteiger partial charge is 0.481 e. The van der Waals surface area contributed by atoms with Crippen LogP contribution in [-0.2, 0) is 25.6 Å². The van der Waals surface area contributed by atoms with Gasteiger partial charge in [-0.05, 0) is 55.6 Å². The standard InChI is InChI=1S/C20H28O4.C20H26O4/c2*21-18-14-19(22)17(13-12-15-8-4-3-5-9-15)16(18)10-6-1-2-7-11-20(23)24/h3-5,8-9,16-17,19,22H,1-2,6-7,10-14H2,(H,23,24);3-5,8-9,12-13,16-17,19,22H,1-2,6-7,10-11,14H2,(H,23,24)/b;13-12+. The molecule has 2 aromatic rings. The summed E-state index contributed by atoms with van der Waals surface area (Å²) in [5.41, 5.74) is 2.31. The van der Waals surface area contributed by atoms with Crippen LogP contribution in [0, 0.1) is 23.7 Å². The number of Topliss-reactive ketones (excluding diaryl/α,β-unsaturated/α-hetero) is 2. The number of carbonyl (C=O) groups excluding carboxylic acids is 2. The number of aliphatic carboxylic acids is 2. The summed E-state index contributed by atoms with van der Waals surface area (Å²) in [6.45, 7) is 0. The summed E-state index contributed by atoms with van der Waals surface area (Å²) in [6.07, 6.45) is 14.1. The molecule has 8 nitrogen and oxygen atoms in total. The van der Waals surface area contributed by atoms with Crippen LogP contribution < -0.4 is 0 Å². The predicted molar refractivity (Wildman–Crippen MR) is 186 cm³/mol. The molecule has 0 radical (unpaired) electrons. The quantitative estimate of drug-likeness (QED) is 0.115. The number of rotatable bonds is 19. The van der Waals surface area contributed by atoms with E-state index in [1.54, 1.807) is 0 Å². The average molecular weight is 663 g/mol. The van der Waals surface area contributed by atoms with Gasteiger partial charge in [0.15, 0.2) is 0 Å². The van der Waals surface area contributed by atoms with Crippen molar-refractivity contribution in [2.75, 3.05) is 0 Å². The van der Waals surface area contributed by atoms with Crippen LogP contribution >= 0.6 is 0 Å². The lowest BCUT2D eigenvalue weighted by Crippen LogP contribution is -2.21. The second-order valence-electron chi connectivity index (χ2n) is 13.4. The van der Waals surface area contributed by atoms with Crippen LogP contribution in [0.15, 0.2) is 66.7 Å². The fraction of sp³-hybridized carbons (Fsp3) is 0.550. The Bertz CT molecular complexity index is 1290. The van der Waals surface area contributed by atoms with E-state index in [-0.39, 0.29) is 54.5 Å². The van der Waals surface area contributed by atoms with Crippen molar-refractivity contribution in [2.24, 2.45) is 23.7 Å². The zero-order valence-electron chi connectivity index (χ0n) is 28.1. The first-order valence-corrected chi connectivity index (χ1v) is 17.8. The molecule has 6 atom stereocenters. The van der Waals surface area contributed by atoms with Gasteiger partial charge < -0.3 is 20.4 Å². The van der Waals surface area contributed by atoms with Crippen molar-refractivity contribution in [1.29, 1.82) is 0 Å². The number of carboxylic acids is 2. The summed E-state index contributed by atoms with van der Waals surface area (Å²) in [5, 5.41) is 37.6. The third-order valence-corrected chi connectivity index (χ3v) is 9.80. The molecule has 8 heteroatoms. The highest BCUT2D eigenvalue weighted by Crippen LogP contribution is 2.37. The van der Waals surface area contributed by atoms with E-state index in [2.05, 4.69) is 12.1 Å². The molecular formula is C40H54O8. The van der Waals surface area contributed by atoms with E-state index in [1.165, 1.54) is 5.56 Å². The van der Waals surface area contributed by atoms with Crippen molar-refractivity contribution in [3.8, 4) is 0 Å². The minimum Gasteiger partial charge on any atom is -0.481 e. The molecule has 48 heavy (non-hydrogen) atoms. The topological polar surface area (TPSA) is 149 Å². The minimum absolute atomic E-state index is 0.0248. The van der Waals surface area contributed by atoms with Gasteiger partial charge in [-0.25, -0.2) is 0 Å². The van der Waals surface area contributed by atoms with E-state index in [4.69, 9.17) is 10.2 Å². The van der Waals surface area contributed by atoms with Crippen molar-refractivity contribution in [1.82, 2.24) is 0 Å². The first-order chi connectivity index (χ1) is 23.2. The molecule has 0 aromatic heterocycles. The molecule has 262 valence electrons. The third-order valence-electron chi connectivity index (χ3n) is 9.80. The van der Waals surface area contributed by atoms with Gasteiger partial charge in [-0.3, -0.25) is 19.2 Å². The summed E-state index contributed by atoms with van der Waals surface area (Å²) in [4.78, 5) is 45.3. The number of hydrogen-bond donors (Lipinski definition) is 4. The first-order valence-electron chi connectivity index (χ1n) is 17.8. The Labute approximate surface area is 285 Å². The average Bonchev–Trinajstić information content (AvgIpc) is 3.49. The van der Waals surface area contributed by atoms with Crippen LogP contribution in [-0.4, -0.2) is 56.1 Å². The normalized spacial score (nSPS) is 23.7. The number of aliphatic hydroxyl groups excluding tert-OH is 2. The molecule has 2 saturated carbocycles. The molecule has 0 spiro atoms. The lowest BCUT2D eigenvalue weighted by atomic mass is 9.85. The second-order valence-corrected chi connectivity index (χ2v) is 13.4. The van der Waals surface area contributed by atoms with Crippen LogP contribution in [0.3, 0.4) is 0 Å². The highest BCUT2D eigenvalue weighted by Gasteiger charge is 2.41. The molecule has 2 aromatic carbocycles. The van der Waals surface area contributed by atoms with Crippen molar-refractivity contribution < 1.29 is 39.6 Å². The Morgan fingerprint density at radius 3 is 1.71 bits per heavy atom. The van der Waals surface area contributed by atoms with E-state index in [1.807, 2.05) is 60.7 Å². The summed E-state index contributed by atoms with van der Waals surface area (Å²) in [7, 11) is 0. The van der Waals surface area contributed by atoms with Gasteiger partial charge >= 0.3 is 11.9 Å². The summed E-state index contributed by atoms with van der Waals surface area (Å²) in [5.74, 6) is -1.34. The van der Waals surface area contributed by atoms with Crippen LogP contribution in [0.1, 0.15) is 107 Å². The zero-order chi connectivity index (χ0) is 34.7. The molecule has 0 aliphatic heterocycles. The maximum atomic E-state index is 12.2. The number of carboxylic acid groups (broad SMARTS) is 2. The van der Waals surface area contributed by atoms with Gasteiger partial charge in [0.2, 0.25) is 0 Å². The molecule has 4 rings (SSSR count). The highest BCUT2D eigenvalue weighted by atomic mass is 16.4. The van der Waals surface area contributed by atoms with Crippen molar-refractivity contribution in [2.45, 2.75) is 115 Å². The molecule has 6 unspecified atom stereocenters. The SMILES string of the molecule is O=C(O)CCCCCCC1C(=O)CC(O)C1/C=C/c1ccccc1.O=C(O)CCCCCCC1C(=O)CC(O)C1CCc1ccccc1. The molecule has 0 amide bonds. The van der Waals surface area contributed by atoms with E-state index in [9.17, 15) is 29.4 Å².